The Morgan fingerprint density at radius 1 is 1.29 bits per heavy atom. The molecule has 0 bridgehead atoms. The lowest BCUT2D eigenvalue weighted by Crippen LogP contribution is -2.50. The van der Waals surface area contributed by atoms with Crippen LogP contribution < -0.4 is 10.6 Å². The summed E-state index contributed by atoms with van der Waals surface area (Å²) in [6.45, 7) is 9.77. The standard InChI is InChI=1S/C15H29N3O3/c1-4-11(3)13(14(19)20)17-15(21)16-10-12-6-8-18(5-2)9-7-12/h11-13H,4-10H2,1-3H3,(H,19,20)(H2,16,17,21). The van der Waals surface area contributed by atoms with E-state index in [1.807, 2.05) is 13.8 Å². The van der Waals surface area contributed by atoms with Crippen molar-refractivity contribution in [1.82, 2.24) is 15.5 Å². The average molecular weight is 299 g/mol. The van der Waals surface area contributed by atoms with Crippen molar-refractivity contribution in [2.75, 3.05) is 26.2 Å². The van der Waals surface area contributed by atoms with Crippen LogP contribution in [0.15, 0.2) is 0 Å². The van der Waals surface area contributed by atoms with E-state index < -0.39 is 12.0 Å². The zero-order valence-electron chi connectivity index (χ0n) is 13.4. The molecule has 2 unspecified atom stereocenters. The lowest BCUT2D eigenvalue weighted by atomic mass is 9.97. The Morgan fingerprint density at radius 3 is 2.38 bits per heavy atom. The van der Waals surface area contributed by atoms with E-state index in [9.17, 15) is 9.59 Å². The predicted molar refractivity (Wildman–Crippen MR) is 82.3 cm³/mol. The van der Waals surface area contributed by atoms with Crippen molar-refractivity contribution in [2.45, 2.75) is 46.1 Å². The van der Waals surface area contributed by atoms with Crippen LogP contribution in [-0.2, 0) is 4.79 Å². The Hall–Kier alpha value is -1.30. The molecule has 1 fully saturated rings. The van der Waals surface area contributed by atoms with Crippen molar-refractivity contribution < 1.29 is 14.7 Å². The van der Waals surface area contributed by atoms with Crippen molar-refractivity contribution in [3.8, 4) is 0 Å². The van der Waals surface area contributed by atoms with E-state index in [1.165, 1.54) is 0 Å². The fourth-order valence-electron chi connectivity index (χ4n) is 2.62. The van der Waals surface area contributed by atoms with Crippen LogP contribution in [0, 0.1) is 11.8 Å². The molecule has 2 amide bonds. The van der Waals surface area contributed by atoms with Crippen LogP contribution >= 0.6 is 0 Å². The Labute approximate surface area is 127 Å². The molecular weight excluding hydrogens is 270 g/mol. The number of rotatable bonds is 7. The van der Waals surface area contributed by atoms with Gasteiger partial charge in [-0.1, -0.05) is 27.2 Å². The van der Waals surface area contributed by atoms with Crippen molar-refractivity contribution in [2.24, 2.45) is 11.8 Å². The van der Waals surface area contributed by atoms with Gasteiger partial charge in [0.15, 0.2) is 0 Å². The molecule has 21 heavy (non-hydrogen) atoms. The summed E-state index contributed by atoms with van der Waals surface area (Å²) in [6.07, 6.45) is 2.89. The van der Waals surface area contributed by atoms with Gasteiger partial charge in [0.05, 0.1) is 0 Å². The molecule has 0 aromatic heterocycles. The Balaban J connectivity index is 2.31. The molecule has 1 aliphatic rings. The van der Waals surface area contributed by atoms with Gasteiger partial charge in [0.1, 0.15) is 6.04 Å². The van der Waals surface area contributed by atoms with E-state index in [0.29, 0.717) is 18.9 Å². The van der Waals surface area contributed by atoms with Crippen molar-refractivity contribution in [3.63, 3.8) is 0 Å². The molecule has 0 spiro atoms. The smallest absolute Gasteiger partial charge is 0.326 e. The van der Waals surface area contributed by atoms with Crippen LogP contribution in [-0.4, -0.2) is 54.2 Å². The van der Waals surface area contributed by atoms with Crippen molar-refractivity contribution in [1.29, 1.82) is 0 Å². The number of nitrogens with one attached hydrogen (secondary N) is 2. The summed E-state index contributed by atoms with van der Waals surface area (Å²) in [5.74, 6) is -0.567. The summed E-state index contributed by atoms with van der Waals surface area (Å²) in [5.41, 5.74) is 0. The molecule has 1 heterocycles. The topological polar surface area (TPSA) is 81.7 Å². The van der Waals surface area contributed by atoms with E-state index in [-0.39, 0.29) is 11.9 Å². The van der Waals surface area contributed by atoms with E-state index in [0.717, 1.165) is 32.5 Å². The molecule has 6 heteroatoms. The number of likely N-dealkylation sites (tertiary alicyclic amines) is 1. The minimum atomic E-state index is -0.976. The van der Waals surface area contributed by atoms with Gasteiger partial charge in [0.25, 0.3) is 0 Å². The third kappa shape index (κ3) is 5.91. The minimum absolute atomic E-state index is 0.0824. The average Bonchev–Trinajstić information content (AvgIpc) is 2.50. The highest BCUT2D eigenvalue weighted by atomic mass is 16.4. The van der Waals surface area contributed by atoms with E-state index in [1.54, 1.807) is 0 Å². The lowest BCUT2D eigenvalue weighted by Gasteiger charge is -2.31. The zero-order valence-corrected chi connectivity index (χ0v) is 13.4. The molecule has 1 saturated heterocycles. The molecule has 6 nitrogen and oxygen atoms in total. The Morgan fingerprint density at radius 2 is 1.90 bits per heavy atom. The molecular formula is C15H29N3O3. The lowest BCUT2D eigenvalue weighted by molar-refractivity contribution is -0.140. The molecule has 1 rings (SSSR count). The number of piperidine rings is 1. The summed E-state index contributed by atoms with van der Waals surface area (Å²) in [5, 5.41) is 14.5. The minimum Gasteiger partial charge on any atom is -0.480 e. The summed E-state index contributed by atoms with van der Waals surface area (Å²) < 4.78 is 0. The number of nitrogens with zero attached hydrogens (tertiary/aromatic N) is 1. The maximum absolute atomic E-state index is 11.8. The maximum Gasteiger partial charge on any atom is 0.326 e. The van der Waals surface area contributed by atoms with Gasteiger partial charge in [-0.2, -0.15) is 0 Å². The van der Waals surface area contributed by atoms with Gasteiger partial charge in [-0.15, -0.1) is 0 Å². The third-order valence-corrected chi connectivity index (χ3v) is 4.47. The van der Waals surface area contributed by atoms with Crippen LogP contribution in [0.1, 0.15) is 40.0 Å². The second-order valence-corrected chi connectivity index (χ2v) is 5.93. The highest BCUT2D eigenvalue weighted by Crippen LogP contribution is 2.15. The molecule has 0 aromatic rings. The van der Waals surface area contributed by atoms with Crippen LogP contribution in [0.4, 0.5) is 4.79 Å². The largest absolute Gasteiger partial charge is 0.480 e. The molecule has 0 aliphatic carbocycles. The van der Waals surface area contributed by atoms with Crippen LogP contribution in [0.25, 0.3) is 0 Å². The molecule has 0 saturated carbocycles. The first-order chi connectivity index (χ1) is 9.97. The van der Waals surface area contributed by atoms with E-state index >= 15 is 0 Å². The maximum atomic E-state index is 11.8. The first-order valence-corrected chi connectivity index (χ1v) is 7.97. The van der Waals surface area contributed by atoms with Crippen molar-refractivity contribution in [3.05, 3.63) is 0 Å². The molecule has 3 N–H and O–H groups in total. The van der Waals surface area contributed by atoms with Crippen LogP contribution in [0.2, 0.25) is 0 Å². The van der Waals surface area contributed by atoms with Crippen LogP contribution in [0.5, 0.6) is 0 Å². The predicted octanol–water partition coefficient (Wildman–Crippen LogP) is 1.52. The third-order valence-electron chi connectivity index (χ3n) is 4.47. The number of hydrogen-bond acceptors (Lipinski definition) is 3. The SMILES string of the molecule is CCC(C)C(NC(=O)NCC1CCN(CC)CC1)C(=O)O. The molecule has 0 radical (unpaired) electrons. The molecule has 2 atom stereocenters. The van der Waals surface area contributed by atoms with Gasteiger partial charge >= 0.3 is 12.0 Å². The van der Waals surface area contributed by atoms with Gasteiger partial charge in [-0.3, -0.25) is 0 Å². The summed E-state index contributed by atoms with van der Waals surface area (Å²) in [7, 11) is 0. The molecule has 1 aliphatic heterocycles. The second-order valence-electron chi connectivity index (χ2n) is 5.93. The Bertz CT molecular complexity index is 341. The van der Waals surface area contributed by atoms with Gasteiger partial charge in [0, 0.05) is 6.54 Å². The number of carboxylic acid groups (broad SMARTS) is 1. The monoisotopic (exact) mass is 299 g/mol. The van der Waals surface area contributed by atoms with Gasteiger partial charge in [-0.25, -0.2) is 9.59 Å². The highest BCUT2D eigenvalue weighted by Gasteiger charge is 2.25. The van der Waals surface area contributed by atoms with Gasteiger partial charge in [0.2, 0.25) is 0 Å². The number of urea groups is 1. The number of carboxylic acids is 1. The first kappa shape index (κ1) is 17.8. The Kier molecular flexibility index (Phi) is 7.50. The highest BCUT2D eigenvalue weighted by molar-refractivity contribution is 5.82. The first-order valence-electron chi connectivity index (χ1n) is 7.97. The number of amides is 2. The normalized spacial score (nSPS) is 19.8. The summed E-state index contributed by atoms with van der Waals surface area (Å²) in [4.78, 5) is 25.4. The summed E-state index contributed by atoms with van der Waals surface area (Å²) in [6, 6.07) is -1.20. The number of hydrogen-bond donors (Lipinski definition) is 3. The van der Waals surface area contributed by atoms with Crippen molar-refractivity contribution >= 4 is 12.0 Å². The number of aliphatic carboxylic acids is 1. The number of carbonyl (C=O) groups excluding carboxylic acids is 1. The van der Waals surface area contributed by atoms with Gasteiger partial charge in [-0.05, 0) is 44.3 Å². The molecule has 0 aromatic carbocycles. The fraction of sp³-hybridized carbons (Fsp3) is 0.867. The van der Waals surface area contributed by atoms with E-state index in [4.69, 9.17) is 5.11 Å². The van der Waals surface area contributed by atoms with Crippen LogP contribution in [0.3, 0.4) is 0 Å². The number of carbonyl (C=O) groups is 2. The zero-order chi connectivity index (χ0) is 15.8. The fourth-order valence-corrected chi connectivity index (χ4v) is 2.62. The summed E-state index contributed by atoms with van der Waals surface area (Å²) >= 11 is 0. The van der Waals surface area contributed by atoms with Gasteiger partial charge < -0.3 is 20.6 Å². The molecule has 122 valence electrons. The quantitative estimate of drug-likeness (QED) is 0.665. The second kappa shape index (κ2) is 8.87. The van der Waals surface area contributed by atoms with E-state index in [2.05, 4.69) is 22.5 Å².